The molecule has 1 aromatic heterocycles. The fraction of sp³-hybridized carbons (Fsp3) is 0.438. The molecule has 0 atom stereocenters. The number of thioether (sulfide) groups is 1. The first-order chi connectivity index (χ1) is 11.3. The number of esters is 1. The standard InChI is InChI=1S/C16H21N3O2S2/c1-2-3-11-21-14(20)12-22-16-19-18-15(23-16)17-10-9-13-7-5-4-6-8-13/h4-8H,2-3,9-12H2,1H3,(H,17,18). The van der Waals surface area contributed by atoms with Crippen molar-refractivity contribution in [2.24, 2.45) is 0 Å². The second-order valence-electron chi connectivity index (χ2n) is 4.90. The van der Waals surface area contributed by atoms with Crippen molar-refractivity contribution in [3.8, 4) is 0 Å². The van der Waals surface area contributed by atoms with Gasteiger partial charge in [-0.2, -0.15) is 0 Å². The number of unbranched alkanes of at least 4 members (excludes halogenated alkanes) is 1. The van der Waals surface area contributed by atoms with E-state index in [0.29, 0.717) is 6.61 Å². The average molecular weight is 351 g/mol. The number of rotatable bonds is 10. The Bertz CT molecular complexity index is 590. The van der Waals surface area contributed by atoms with E-state index in [2.05, 4.69) is 34.6 Å². The first-order valence-corrected chi connectivity index (χ1v) is 9.48. The van der Waals surface area contributed by atoms with Crippen molar-refractivity contribution in [1.82, 2.24) is 10.2 Å². The molecule has 0 spiro atoms. The molecule has 124 valence electrons. The van der Waals surface area contributed by atoms with Crippen LogP contribution in [0.2, 0.25) is 0 Å². The number of hydrogen-bond donors (Lipinski definition) is 1. The Balaban J connectivity index is 1.66. The van der Waals surface area contributed by atoms with Gasteiger partial charge in [-0.05, 0) is 18.4 Å². The van der Waals surface area contributed by atoms with Gasteiger partial charge in [0.1, 0.15) is 0 Å². The molecule has 0 amide bonds. The summed E-state index contributed by atoms with van der Waals surface area (Å²) in [5.74, 6) is 0.0831. The lowest BCUT2D eigenvalue weighted by molar-refractivity contribution is -0.140. The molecule has 1 N–H and O–H groups in total. The summed E-state index contributed by atoms with van der Waals surface area (Å²) in [7, 11) is 0. The fourth-order valence-corrected chi connectivity index (χ4v) is 3.37. The minimum atomic E-state index is -0.197. The largest absolute Gasteiger partial charge is 0.465 e. The first-order valence-electron chi connectivity index (χ1n) is 7.67. The van der Waals surface area contributed by atoms with Crippen molar-refractivity contribution in [2.75, 3.05) is 24.2 Å². The molecule has 2 aromatic rings. The maximum absolute atomic E-state index is 11.5. The number of hydrogen-bond acceptors (Lipinski definition) is 7. The number of aromatic nitrogens is 2. The molecule has 0 aliphatic heterocycles. The van der Waals surface area contributed by atoms with E-state index in [9.17, 15) is 4.79 Å². The van der Waals surface area contributed by atoms with Crippen LogP contribution in [0.25, 0.3) is 0 Å². The summed E-state index contributed by atoms with van der Waals surface area (Å²) in [4.78, 5) is 11.5. The number of nitrogens with zero attached hydrogens (tertiary/aromatic N) is 2. The quantitative estimate of drug-likeness (QED) is 0.401. The van der Waals surface area contributed by atoms with Crippen LogP contribution in [0, 0.1) is 0 Å². The molecular formula is C16H21N3O2S2. The Kier molecular flexibility index (Phi) is 7.89. The average Bonchev–Trinajstić information content (AvgIpc) is 3.02. The SMILES string of the molecule is CCCCOC(=O)CSc1nnc(NCCc2ccccc2)s1. The molecule has 0 aliphatic carbocycles. The highest BCUT2D eigenvalue weighted by Gasteiger charge is 2.08. The highest BCUT2D eigenvalue weighted by Crippen LogP contribution is 2.25. The molecule has 0 bridgehead atoms. The lowest BCUT2D eigenvalue weighted by Gasteiger charge is -2.02. The number of ether oxygens (including phenoxy) is 1. The maximum atomic E-state index is 11.5. The van der Waals surface area contributed by atoms with Crippen LogP contribution >= 0.6 is 23.1 Å². The predicted octanol–water partition coefficient (Wildman–Crippen LogP) is 3.63. The molecule has 0 saturated heterocycles. The van der Waals surface area contributed by atoms with Gasteiger partial charge in [-0.3, -0.25) is 4.79 Å². The van der Waals surface area contributed by atoms with Crippen LogP contribution in [0.3, 0.4) is 0 Å². The van der Waals surface area contributed by atoms with Crippen LogP contribution in [0.15, 0.2) is 34.7 Å². The topological polar surface area (TPSA) is 64.1 Å². The summed E-state index contributed by atoms with van der Waals surface area (Å²) in [6, 6.07) is 10.3. The van der Waals surface area contributed by atoms with Gasteiger partial charge in [0.15, 0.2) is 4.34 Å². The minimum Gasteiger partial charge on any atom is -0.465 e. The molecule has 1 aromatic carbocycles. The molecule has 0 fully saturated rings. The van der Waals surface area contributed by atoms with Gasteiger partial charge in [0.25, 0.3) is 0 Å². The summed E-state index contributed by atoms with van der Waals surface area (Å²) in [5.41, 5.74) is 1.29. The number of carbonyl (C=O) groups is 1. The zero-order valence-corrected chi connectivity index (χ0v) is 14.8. The van der Waals surface area contributed by atoms with Crippen LogP contribution in [0.5, 0.6) is 0 Å². The third-order valence-corrected chi connectivity index (χ3v) is 5.00. The van der Waals surface area contributed by atoms with Gasteiger partial charge in [0.05, 0.1) is 12.4 Å². The first kappa shape index (κ1) is 17.7. The zero-order valence-electron chi connectivity index (χ0n) is 13.2. The molecule has 0 aliphatic rings. The van der Waals surface area contributed by atoms with Crippen molar-refractivity contribution in [1.29, 1.82) is 0 Å². The van der Waals surface area contributed by atoms with E-state index >= 15 is 0 Å². The Morgan fingerprint density at radius 2 is 2.13 bits per heavy atom. The summed E-state index contributed by atoms with van der Waals surface area (Å²) >= 11 is 2.83. The molecular weight excluding hydrogens is 330 g/mol. The van der Waals surface area contributed by atoms with Gasteiger partial charge >= 0.3 is 5.97 Å². The molecule has 2 rings (SSSR count). The lowest BCUT2D eigenvalue weighted by Crippen LogP contribution is -2.08. The van der Waals surface area contributed by atoms with Gasteiger partial charge in [-0.15, -0.1) is 10.2 Å². The van der Waals surface area contributed by atoms with Crippen molar-refractivity contribution in [3.05, 3.63) is 35.9 Å². The molecule has 7 heteroatoms. The summed E-state index contributed by atoms with van der Waals surface area (Å²) in [6.07, 6.45) is 2.87. The van der Waals surface area contributed by atoms with Crippen LogP contribution in [0.1, 0.15) is 25.3 Å². The highest BCUT2D eigenvalue weighted by atomic mass is 32.2. The van der Waals surface area contributed by atoms with E-state index in [4.69, 9.17) is 4.74 Å². The summed E-state index contributed by atoms with van der Waals surface area (Å²) in [5, 5.41) is 12.2. The van der Waals surface area contributed by atoms with Crippen molar-refractivity contribution < 1.29 is 9.53 Å². The van der Waals surface area contributed by atoms with E-state index in [0.717, 1.165) is 35.3 Å². The van der Waals surface area contributed by atoms with Crippen molar-refractivity contribution in [2.45, 2.75) is 30.5 Å². The number of carbonyl (C=O) groups excluding carboxylic acids is 1. The molecule has 5 nitrogen and oxygen atoms in total. The normalized spacial score (nSPS) is 10.5. The van der Waals surface area contributed by atoms with Gasteiger partial charge in [0.2, 0.25) is 5.13 Å². The number of benzene rings is 1. The number of nitrogens with one attached hydrogen (secondary N) is 1. The van der Waals surface area contributed by atoms with E-state index in [-0.39, 0.29) is 11.7 Å². The fourth-order valence-electron chi connectivity index (χ4n) is 1.79. The van der Waals surface area contributed by atoms with Crippen LogP contribution < -0.4 is 5.32 Å². The Hall–Kier alpha value is -1.60. The number of anilines is 1. The predicted molar refractivity (Wildman–Crippen MR) is 95.1 cm³/mol. The smallest absolute Gasteiger partial charge is 0.316 e. The van der Waals surface area contributed by atoms with Gasteiger partial charge in [-0.25, -0.2) is 0 Å². The third-order valence-electron chi connectivity index (χ3n) is 3.01. The maximum Gasteiger partial charge on any atom is 0.316 e. The summed E-state index contributed by atoms with van der Waals surface area (Å²) < 4.78 is 5.88. The van der Waals surface area contributed by atoms with Gasteiger partial charge in [0, 0.05) is 6.54 Å². The van der Waals surface area contributed by atoms with Crippen molar-refractivity contribution >= 4 is 34.2 Å². The van der Waals surface area contributed by atoms with E-state index in [1.807, 2.05) is 18.2 Å². The highest BCUT2D eigenvalue weighted by molar-refractivity contribution is 8.01. The van der Waals surface area contributed by atoms with E-state index in [1.54, 1.807) is 0 Å². The monoisotopic (exact) mass is 351 g/mol. The van der Waals surface area contributed by atoms with Gasteiger partial charge < -0.3 is 10.1 Å². The molecule has 0 unspecified atom stereocenters. The van der Waals surface area contributed by atoms with E-state index < -0.39 is 0 Å². The third kappa shape index (κ3) is 7.00. The second kappa shape index (κ2) is 10.2. The van der Waals surface area contributed by atoms with Crippen LogP contribution in [0.4, 0.5) is 5.13 Å². The van der Waals surface area contributed by atoms with Crippen LogP contribution in [-0.2, 0) is 16.0 Å². The molecule has 0 radical (unpaired) electrons. The second-order valence-corrected chi connectivity index (χ2v) is 7.10. The van der Waals surface area contributed by atoms with E-state index in [1.165, 1.54) is 28.7 Å². The molecule has 0 saturated carbocycles. The Morgan fingerprint density at radius 1 is 1.30 bits per heavy atom. The van der Waals surface area contributed by atoms with Crippen LogP contribution in [-0.4, -0.2) is 35.1 Å². The Morgan fingerprint density at radius 3 is 2.91 bits per heavy atom. The van der Waals surface area contributed by atoms with Crippen molar-refractivity contribution in [3.63, 3.8) is 0 Å². The summed E-state index contributed by atoms with van der Waals surface area (Å²) in [6.45, 7) is 3.37. The molecule has 1 heterocycles. The lowest BCUT2D eigenvalue weighted by atomic mass is 10.2. The molecule has 23 heavy (non-hydrogen) atoms. The van der Waals surface area contributed by atoms with Gasteiger partial charge in [-0.1, -0.05) is 66.8 Å². The Labute approximate surface area is 144 Å². The minimum absolute atomic E-state index is 0.197. The zero-order chi connectivity index (χ0) is 16.3.